The number of amides is 1. The predicted molar refractivity (Wildman–Crippen MR) is 41.7 cm³/mol. The van der Waals surface area contributed by atoms with Gasteiger partial charge in [-0.2, -0.15) is 0 Å². The van der Waals surface area contributed by atoms with Crippen LogP contribution in [0.25, 0.3) is 0 Å². The molecule has 0 saturated carbocycles. The smallest absolute Gasteiger partial charge is 0.247 e. The summed E-state index contributed by atoms with van der Waals surface area (Å²) in [6.45, 7) is 0. The third-order valence-electron chi connectivity index (χ3n) is 0.782. The summed E-state index contributed by atoms with van der Waals surface area (Å²) < 4.78 is 0. The van der Waals surface area contributed by atoms with Crippen molar-refractivity contribution in [2.75, 3.05) is 5.33 Å². The van der Waals surface area contributed by atoms with Gasteiger partial charge < -0.3 is 10.8 Å². The Hall–Kier alpha value is 0.390. The zero-order valence-electron chi connectivity index (χ0n) is 4.55. The van der Waals surface area contributed by atoms with Crippen molar-refractivity contribution in [3.05, 3.63) is 0 Å². The minimum Gasteiger partial charge on any atom is -0.382 e. The molecule has 0 aliphatic heterocycles. The molecule has 5 heteroatoms. The van der Waals surface area contributed by atoms with Crippen molar-refractivity contribution in [3.8, 4) is 0 Å². The average Bonchev–Trinajstić information content (AvgIpc) is 1.84. The van der Waals surface area contributed by atoms with E-state index in [4.69, 9.17) is 10.8 Å². The van der Waals surface area contributed by atoms with Crippen molar-refractivity contribution in [1.29, 1.82) is 0 Å². The van der Waals surface area contributed by atoms with Crippen LogP contribution in [0.4, 0.5) is 0 Å². The molecule has 0 fully saturated rings. The van der Waals surface area contributed by atoms with Crippen molar-refractivity contribution in [1.82, 2.24) is 0 Å². The molecule has 0 spiro atoms. The fourth-order valence-electron chi connectivity index (χ4n) is 0.263. The van der Waals surface area contributed by atoms with Gasteiger partial charge in [-0.15, -0.1) is 0 Å². The zero-order chi connectivity index (χ0) is 7.44. The summed E-state index contributed by atoms with van der Waals surface area (Å²) in [7, 11) is 0. The van der Waals surface area contributed by atoms with Crippen LogP contribution < -0.4 is 5.73 Å². The van der Waals surface area contributed by atoms with Crippen LogP contribution in [-0.2, 0) is 4.79 Å². The maximum absolute atomic E-state index is 10.2. The number of nitrogens with two attached hydrogens (primary N) is 1. The number of aliphatic hydroxyl groups is 1. The Morgan fingerprint density at radius 1 is 1.78 bits per heavy atom. The van der Waals surface area contributed by atoms with Gasteiger partial charge in [0.05, 0.1) is 4.83 Å². The van der Waals surface area contributed by atoms with Crippen molar-refractivity contribution in [2.45, 2.75) is 10.9 Å². The first-order valence-corrected chi connectivity index (χ1v) is 4.30. The topological polar surface area (TPSA) is 63.3 Å². The molecule has 0 aromatic rings. The SMILES string of the molecule is NC(=O)[C@@H](O)[C@@H](Br)CBr. The molecule has 0 aromatic heterocycles. The summed E-state index contributed by atoms with van der Waals surface area (Å²) in [5.74, 6) is -0.712. The molecule has 1 amide bonds. The van der Waals surface area contributed by atoms with Gasteiger partial charge >= 0.3 is 0 Å². The van der Waals surface area contributed by atoms with Crippen molar-refractivity contribution >= 4 is 37.8 Å². The van der Waals surface area contributed by atoms with Crippen LogP contribution in [-0.4, -0.2) is 27.3 Å². The van der Waals surface area contributed by atoms with E-state index in [-0.39, 0.29) is 4.83 Å². The first kappa shape index (κ1) is 9.39. The van der Waals surface area contributed by atoms with E-state index in [0.29, 0.717) is 5.33 Å². The second kappa shape index (κ2) is 4.24. The monoisotopic (exact) mass is 259 g/mol. The van der Waals surface area contributed by atoms with Crippen LogP contribution >= 0.6 is 31.9 Å². The normalized spacial score (nSPS) is 16.8. The summed E-state index contributed by atoms with van der Waals surface area (Å²) in [4.78, 5) is 9.92. The molecule has 3 N–H and O–H groups in total. The van der Waals surface area contributed by atoms with Crippen LogP contribution in [0.3, 0.4) is 0 Å². The molecule has 0 bridgehead atoms. The van der Waals surface area contributed by atoms with Gasteiger partial charge in [0.15, 0.2) is 0 Å². The Morgan fingerprint density at radius 3 is 2.33 bits per heavy atom. The predicted octanol–water partition coefficient (Wildman–Crippen LogP) is -0.00900. The summed E-state index contributed by atoms with van der Waals surface area (Å²) in [5, 5.41) is 9.34. The number of hydrogen-bond acceptors (Lipinski definition) is 2. The molecule has 0 heterocycles. The van der Waals surface area contributed by atoms with E-state index >= 15 is 0 Å². The molecule has 0 aliphatic rings. The van der Waals surface area contributed by atoms with Crippen molar-refractivity contribution in [2.24, 2.45) is 5.73 Å². The third kappa shape index (κ3) is 3.17. The van der Waals surface area contributed by atoms with Gasteiger partial charge in [-0.05, 0) is 0 Å². The second-order valence-corrected chi connectivity index (χ2v) is 3.34. The number of hydrogen-bond donors (Lipinski definition) is 2. The number of alkyl halides is 2. The lowest BCUT2D eigenvalue weighted by Crippen LogP contribution is -2.36. The number of halogens is 2. The summed E-state index contributed by atoms with van der Waals surface area (Å²) in [6, 6.07) is 0. The quantitative estimate of drug-likeness (QED) is 0.702. The van der Waals surface area contributed by atoms with E-state index in [2.05, 4.69) is 31.9 Å². The molecule has 0 unspecified atom stereocenters. The zero-order valence-corrected chi connectivity index (χ0v) is 7.72. The highest BCUT2D eigenvalue weighted by Crippen LogP contribution is 2.07. The highest BCUT2D eigenvalue weighted by Gasteiger charge is 2.19. The lowest BCUT2D eigenvalue weighted by Gasteiger charge is -2.09. The number of rotatable bonds is 3. The van der Waals surface area contributed by atoms with E-state index in [1.807, 2.05) is 0 Å². The molecule has 9 heavy (non-hydrogen) atoms. The van der Waals surface area contributed by atoms with Gasteiger partial charge in [-0.1, -0.05) is 31.9 Å². The largest absolute Gasteiger partial charge is 0.382 e. The van der Waals surface area contributed by atoms with Gasteiger partial charge in [0.2, 0.25) is 5.91 Å². The Morgan fingerprint density at radius 2 is 2.22 bits per heavy atom. The summed E-state index contributed by atoms with van der Waals surface area (Å²) >= 11 is 6.11. The molecule has 0 aliphatic carbocycles. The lowest BCUT2D eigenvalue weighted by molar-refractivity contribution is -0.125. The van der Waals surface area contributed by atoms with Gasteiger partial charge in [0.25, 0.3) is 0 Å². The van der Waals surface area contributed by atoms with E-state index in [1.165, 1.54) is 0 Å². The van der Waals surface area contributed by atoms with Gasteiger partial charge in [-0.25, -0.2) is 0 Å². The maximum Gasteiger partial charge on any atom is 0.247 e. The fourth-order valence-corrected chi connectivity index (χ4v) is 0.877. The minimum atomic E-state index is -1.11. The maximum atomic E-state index is 10.2. The molecule has 3 nitrogen and oxygen atoms in total. The summed E-state index contributed by atoms with van der Waals surface area (Å²) in [6.07, 6.45) is -1.11. The average molecular weight is 261 g/mol. The highest BCUT2D eigenvalue weighted by molar-refractivity contribution is 9.12. The molecule has 2 atom stereocenters. The molecule has 0 rings (SSSR count). The van der Waals surface area contributed by atoms with E-state index in [1.54, 1.807) is 0 Å². The standard InChI is InChI=1S/C4H7Br2NO2/c5-1-2(6)3(8)4(7)9/h2-3,8H,1H2,(H2,7,9)/t2-,3-/m0/s1. The van der Waals surface area contributed by atoms with E-state index in [0.717, 1.165) is 0 Å². The number of carbonyl (C=O) groups is 1. The molecule has 0 saturated heterocycles. The molecular formula is C4H7Br2NO2. The van der Waals surface area contributed by atoms with Gasteiger partial charge in [0, 0.05) is 5.33 Å². The number of aliphatic hydroxyl groups excluding tert-OH is 1. The molecule has 0 radical (unpaired) electrons. The molecule has 0 aromatic carbocycles. The van der Waals surface area contributed by atoms with Crippen molar-refractivity contribution in [3.63, 3.8) is 0 Å². The lowest BCUT2D eigenvalue weighted by atomic mass is 10.3. The van der Waals surface area contributed by atoms with Gasteiger partial charge in [-0.3, -0.25) is 4.79 Å². The Kier molecular flexibility index (Phi) is 4.43. The Bertz CT molecular complexity index is 109. The summed E-state index contributed by atoms with van der Waals surface area (Å²) in [5.41, 5.74) is 4.77. The van der Waals surface area contributed by atoms with Crippen LogP contribution in [0, 0.1) is 0 Å². The number of primary amides is 1. The van der Waals surface area contributed by atoms with E-state index < -0.39 is 12.0 Å². The second-order valence-electron chi connectivity index (χ2n) is 1.52. The molecule has 54 valence electrons. The Labute approximate surface area is 69.9 Å². The first-order valence-electron chi connectivity index (χ1n) is 2.27. The first-order chi connectivity index (χ1) is 4.09. The fraction of sp³-hybridized carbons (Fsp3) is 0.750. The van der Waals surface area contributed by atoms with Crippen LogP contribution in [0.15, 0.2) is 0 Å². The minimum absolute atomic E-state index is 0.296. The van der Waals surface area contributed by atoms with Crippen LogP contribution in [0.5, 0.6) is 0 Å². The third-order valence-corrected chi connectivity index (χ3v) is 3.17. The van der Waals surface area contributed by atoms with Crippen molar-refractivity contribution < 1.29 is 9.90 Å². The number of carbonyl (C=O) groups excluding carboxylic acids is 1. The molecular weight excluding hydrogens is 254 g/mol. The van der Waals surface area contributed by atoms with E-state index in [9.17, 15) is 4.79 Å². The van der Waals surface area contributed by atoms with Crippen LogP contribution in [0.1, 0.15) is 0 Å². The highest BCUT2D eigenvalue weighted by atomic mass is 79.9. The van der Waals surface area contributed by atoms with Crippen LogP contribution in [0.2, 0.25) is 0 Å². The van der Waals surface area contributed by atoms with Gasteiger partial charge in [0.1, 0.15) is 6.10 Å². The Balaban J connectivity index is 3.72.